The quantitative estimate of drug-likeness (QED) is 0.276. The summed E-state index contributed by atoms with van der Waals surface area (Å²) in [4.78, 5) is 31.6. The molecule has 0 aliphatic carbocycles. The number of carbonyl (C=O) groups is 2. The summed E-state index contributed by atoms with van der Waals surface area (Å²) in [6.07, 6.45) is 3.21. The van der Waals surface area contributed by atoms with Gasteiger partial charge in [0, 0.05) is 18.2 Å². The zero-order chi connectivity index (χ0) is 23.4. The third-order valence-electron chi connectivity index (χ3n) is 4.97. The normalized spacial score (nSPS) is 11.1. The number of methoxy groups -OCH3 is 1. The van der Waals surface area contributed by atoms with Gasteiger partial charge in [0.25, 0.3) is 0 Å². The molecule has 1 amide bonds. The minimum absolute atomic E-state index is 0.219. The van der Waals surface area contributed by atoms with Crippen LogP contribution < -0.4 is 5.32 Å². The van der Waals surface area contributed by atoms with Crippen molar-refractivity contribution in [3.63, 3.8) is 0 Å². The first-order chi connectivity index (χ1) is 15.9. The van der Waals surface area contributed by atoms with Crippen LogP contribution in [0.3, 0.4) is 0 Å². The number of H-pyrrole nitrogens is 1. The molecule has 4 aromatic rings. The van der Waals surface area contributed by atoms with Gasteiger partial charge in [-0.2, -0.15) is 0 Å². The first-order valence-electron chi connectivity index (χ1n) is 10.0. The second-order valence-electron chi connectivity index (χ2n) is 7.23. The van der Waals surface area contributed by atoms with Crippen LogP contribution in [-0.4, -0.2) is 29.0 Å². The van der Waals surface area contributed by atoms with E-state index in [1.165, 1.54) is 13.2 Å². The number of imidazole rings is 1. The molecule has 2 N–H and O–H groups in total. The van der Waals surface area contributed by atoms with E-state index < -0.39 is 5.97 Å². The number of benzene rings is 3. The number of halogens is 2. The van der Waals surface area contributed by atoms with E-state index in [4.69, 9.17) is 27.9 Å². The minimum Gasteiger partial charge on any atom is -0.465 e. The molecule has 0 atom stereocenters. The van der Waals surface area contributed by atoms with Crippen LogP contribution in [0.2, 0.25) is 10.0 Å². The number of rotatable bonds is 6. The Morgan fingerprint density at radius 3 is 2.55 bits per heavy atom. The third-order valence-corrected chi connectivity index (χ3v) is 5.70. The molecule has 3 aromatic carbocycles. The first kappa shape index (κ1) is 22.6. The van der Waals surface area contributed by atoms with Crippen molar-refractivity contribution in [1.29, 1.82) is 0 Å². The van der Waals surface area contributed by atoms with Crippen molar-refractivity contribution in [2.75, 3.05) is 7.11 Å². The summed E-state index contributed by atoms with van der Waals surface area (Å²) in [6.45, 7) is 0.350. The lowest BCUT2D eigenvalue weighted by molar-refractivity contribution is -0.116. The van der Waals surface area contributed by atoms with Crippen LogP contribution >= 0.6 is 23.2 Å². The summed E-state index contributed by atoms with van der Waals surface area (Å²) >= 11 is 11.9. The third kappa shape index (κ3) is 5.42. The maximum absolute atomic E-state index is 12.1. The summed E-state index contributed by atoms with van der Waals surface area (Å²) in [5.41, 5.74) is 4.56. The molecule has 0 fully saturated rings. The van der Waals surface area contributed by atoms with Gasteiger partial charge in [0.05, 0.1) is 33.8 Å². The summed E-state index contributed by atoms with van der Waals surface area (Å²) in [7, 11) is 1.35. The molecule has 33 heavy (non-hydrogen) atoms. The van der Waals surface area contributed by atoms with E-state index in [0.29, 0.717) is 28.0 Å². The molecule has 0 spiro atoms. The second kappa shape index (κ2) is 9.90. The Morgan fingerprint density at radius 1 is 1.03 bits per heavy atom. The fourth-order valence-electron chi connectivity index (χ4n) is 3.21. The van der Waals surface area contributed by atoms with Crippen molar-refractivity contribution in [2.45, 2.75) is 6.54 Å². The Kier molecular flexibility index (Phi) is 6.77. The number of aromatic amines is 1. The van der Waals surface area contributed by atoms with Crippen LogP contribution in [0.1, 0.15) is 21.5 Å². The number of hydrogen-bond donors (Lipinski definition) is 2. The Hall–Kier alpha value is -3.61. The molecular formula is C25H19Cl2N3O3. The van der Waals surface area contributed by atoms with Gasteiger partial charge < -0.3 is 15.0 Å². The molecule has 0 aliphatic heterocycles. The Morgan fingerprint density at radius 2 is 1.82 bits per heavy atom. The molecule has 0 radical (unpaired) electrons. The number of hydrogen-bond acceptors (Lipinski definition) is 4. The van der Waals surface area contributed by atoms with E-state index in [1.54, 1.807) is 36.4 Å². The van der Waals surface area contributed by atoms with Crippen LogP contribution in [0.4, 0.5) is 0 Å². The molecule has 6 nitrogen and oxygen atoms in total. The monoisotopic (exact) mass is 479 g/mol. The summed E-state index contributed by atoms with van der Waals surface area (Å²) in [5, 5.41) is 3.74. The molecular weight excluding hydrogens is 461 g/mol. The molecule has 1 aromatic heterocycles. The highest BCUT2D eigenvalue weighted by Crippen LogP contribution is 2.23. The molecule has 0 aliphatic rings. The number of nitrogens with zero attached hydrogens (tertiary/aromatic N) is 1. The lowest BCUT2D eigenvalue weighted by Gasteiger charge is -2.04. The van der Waals surface area contributed by atoms with Crippen molar-refractivity contribution in [3.05, 3.63) is 93.5 Å². The highest BCUT2D eigenvalue weighted by Gasteiger charge is 2.10. The maximum atomic E-state index is 12.1. The number of fused-ring (bicyclic) bond motifs is 1. The molecule has 8 heteroatoms. The van der Waals surface area contributed by atoms with Gasteiger partial charge in [-0.05, 0) is 47.5 Å². The van der Waals surface area contributed by atoms with Gasteiger partial charge in [-0.15, -0.1) is 0 Å². The van der Waals surface area contributed by atoms with Crippen LogP contribution in [-0.2, 0) is 16.1 Å². The van der Waals surface area contributed by atoms with Crippen molar-refractivity contribution in [3.8, 4) is 11.4 Å². The number of carbonyl (C=O) groups excluding carboxylic acids is 2. The summed E-state index contributed by atoms with van der Waals surface area (Å²) in [5.74, 6) is 0.0657. The van der Waals surface area contributed by atoms with Crippen molar-refractivity contribution < 1.29 is 14.3 Å². The average molecular weight is 480 g/mol. The van der Waals surface area contributed by atoms with Gasteiger partial charge in [-0.1, -0.05) is 53.5 Å². The molecule has 0 unspecified atom stereocenters. The topological polar surface area (TPSA) is 84.1 Å². The fraction of sp³-hybridized carbons (Fsp3) is 0.0800. The first-order valence-corrected chi connectivity index (χ1v) is 10.8. The second-order valence-corrected chi connectivity index (χ2v) is 8.04. The summed E-state index contributed by atoms with van der Waals surface area (Å²) in [6, 6.07) is 18.0. The van der Waals surface area contributed by atoms with E-state index in [9.17, 15) is 9.59 Å². The number of aromatic nitrogens is 2. The number of nitrogens with one attached hydrogen (secondary N) is 2. The molecule has 0 saturated heterocycles. The smallest absolute Gasteiger partial charge is 0.337 e. The maximum Gasteiger partial charge on any atom is 0.337 e. The molecule has 0 saturated carbocycles. The van der Waals surface area contributed by atoms with Crippen molar-refractivity contribution >= 4 is 52.2 Å². The van der Waals surface area contributed by atoms with Gasteiger partial charge in [0.1, 0.15) is 5.82 Å². The minimum atomic E-state index is -0.398. The van der Waals surface area contributed by atoms with Crippen LogP contribution in [0.5, 0.6) is 0 Å². The fourth-order valence-corrected chi connectivity index (χ4v) is 3.53. The highest BCUT2D eigenvalue weighted by atomic mass is 35.5. The SMILES string of the molecule is COC(=O)c1ccc2nc(-c3ccc(/C=C/C(=O)NCc4ccc(Cl)c(Cl)c4)cc3)[nH]c2c1. The van der Waals surface area contributed by atoms with E-state index in [0.717, 1.165) is 27.7 Å². The molecule has 166 valence electrons. The number of amides is 1. The highest BCUT2D eigenvalue weighted by molar-refractivity contribution is 6.42. The van der Waals surface area contributed by atoms with Gasteiger partial charge in [0.2, 0.25) is 5.91 Å². The predicted octanol–water partition coefficient (Wildman–Crippen LogP) is 5.65. The molecule has 1 heterocycles. The van der Waals surface area contributed by atoms with E-state index >= 15 is 0 Å². The van der Waals surface area contributed by atoms with Gasteiger partial charge >= 0.3 is 5.97 Å². The lowest BCUT2D eigenvalue weighted by atomic mass is 10.1. The standard InChI is InChI=1S/C25H19Cl2N3O3/c1-33-25(32)18-8-10-21-22(13-18)30-24(29-21)17-6-2-15(3-7-17)5-11-23(31)28-14-16-4-9-19(26)20(27)12-16/h2-13H,14H2,1H3,(H,28,31)(H,29,30)/b11-5+. The Labute approximate surface area is 200 Å². The van der Waals surface area contributed by atoms with Gasteiger partial charge in [-0.25, -0.2) is 9.78 Å². The number of esters is 1. The predicted molar refractivity (Wildman–Crippen MR) is 130 cm³/mol. The zero-order valence-corrected chi connectivity index (χ0v) is 19.1. The molecule has 4 rings (SSSR count). The summed E-state index contributed by atoms with van der Waals surface area (Å²) < 4.78 is 4.76. The number of ether oxygens (including phenoxy) is 1. The van der Waals surface area contributed by atoms with Crippen LogP contribution in [0.25, 0.3) is 28.5 Å². The van der Waals surface area contributed by atoms with E-state index in [-0.39, 0.29) is 5.91 Å². The lowest BCUT2D eigenvalue weighted by Crippen LogP contribution is -2.20. The average Bonchev–Trinajstić information content (AvgIpc) is 3.26. The largest absolute Gasteiger partial charge is 0.465 e. The van der Waals surface area contributed by atoms with Gasteiger partial charge in [-0.3, -0.25) is 4.79 Å². The van der Waals surface area contributed by atoms with Crippen molar-refractivity contribution in [1.82, 2.24) is 15.3 Å². The Bertz CT molecular complexity index is 1360. The van der Waals surface area contributed by atoms with Gasteiger partial charge in [0.15, 0.2) is 0 Å². The molecule has 0 bridgehead atoms. The van der Waals surface area contributed by atoms with Crippen LogP contribution in [0, 0.1) is 0 Å². The Balaban J connectivity index is 1.40. The van der Waals surface area contributed by atoms with E-state index in [2.05, 4.69) is 15.3 Å². The van der Waals surface area contributed by atoms with Crippen molar-refractivity contribution in [2.24, 2.45) is 0 Å². The zero-order valence-electron chi connectivity index (χ0n) is 17.6. The van der Waals surface area contributed by atoms with Crippen LogP contribution in [0.15, 0.2) is 66.7 Å². The van der Waals surface area contributed by atoms with E-state index in [1.807, 2.05) is 30.3 Å².